The van der Waals surface area contributed by atoms with Crippen molar-refractivity contribution in [1.29, 1.82) is 0 Å². The molecular weight excluding hydrogens is 367 g/mol. The first kappa shape index (κ1) is 9.59. The van der Waals surface area contributed by atoms with Crippen LogP contribution >= 0.6 is 38.5 Å². The van der Waals surface area contributed by atoms with Crippen molar-refractivity contribution in [2.45, 2.75) is 0 Å². The van der Waals surface area contributed by atoms with E-state index in [1.807, 2.05) is 18.5 Å². The predicted octanol–water partition coefficient (Wildman–Crippen LogP) is 3.85. The first-order chi connectivity index (χ1) is 7.25. The highest BCUT2D eigenvalue weighted by Gasteiger charge is 2.05. The first-order valence-corrected chi connectivity index (χ1v) is 6.33. The lowest BCUT2D eigenvalue weighted by Gasteiger charge is -2.04. The molecule has 0 aliphatic rings. The van der Waals surface area contributed by atoms with Gasteiger partial charge in [-0.05, 0) is 40.8 Å². The summed E-state index contributed by atoms with van der Waals surface area (Å²) in [7, 11) is 0. The minimum Gasteiger partial charge on any atom is -0.306 e. The van der Waals surface area contributed by atoms with E-state index in [2.05, 4.69) is 66.2 Å². The Hall–Kier alpha value is -0.620. The van der Waals surface area contributed by atoms with Gasteiger partial charge in [-0.3, -0.25) is 0 Å². The van der Waals surface area contributed by atoms with Crippen LogP contribution in [0.5, 0.6) is 0 Å². The van der Waals surface area contributed by atoms with Gasteiger partial charge in [0.1, 0.15) is 5.65 Å². The van der Waals surface area contributed by atoms with Gasteiger partial charge in [-0.1, -0.05) is 15.9 Å². The van der Waals surface area contributed by atoms with Crippen LogP contribution in [0.2, 0.25) is 0 Å². The van der Waals surface area contributed by atoms with Crippen molar-refractivity contribution >= 4 is 54.9 Å². The van der Waals surface area contributed by atoms with Crippen LogP contribution in [0.25, 0.3) is 16.4 Å². The largest absolute Gasteiger partial charge is 0.306 e. The van der Waals surface area contributed by atoms with Gasteiger partial charge in [0.05, 0.1) is 0 Å². The van der Waals surface area contributed by atoms with E-state index in [0.717, 1.165) is 10.1 Å². The van der Waals surface area contributed by atoms with Crippen LogP contribution in [0.4, 0.5) is 0 Å². The zero-order chi connectivity index (χ0) is 10.4. The van der Waals surface area contributed by atoms with Gasteiger partial charge < -0.3 is 4.40 Å². The fourth-order valence-corrected chi connectivity index (χ4v) is 2.83. The number of hydrogen-bond acceptors (Lipinski definition) is 1. The Balaban J connectivity index is 2.61. The van der Waals surface area contributed by atoms with Crippen LogP contribution in [-0.4, -0.2) is 9.38 Å². The van der Waals surface area contributed by atoms with E-state index in [-0.39, 0.29) is 0 Å². The molecule has 0 atom stereocenters. The van der Waals surface area contributed by atoms with Gasteiger partial charge in [0, 0.05) is 37.4 Å². The standard InChI is InChI=1S/C11H6BrIN2/c12-7-1-2-8-9(5-7)10(13)6-15-4-3-14-11(8)15/h1-6H. The molecule has 0 unspecified atom stereocenters. The third-order valence-electron chi connectivity index (χ3n) is 2.40. The Morgan fingerprint density at radius 3 is 3.00 bits per heavy atom. The number of rotatable bonds is 0. The van der Waals surface area contributed by atoms with Crippen molar-refractivity contribution in [2.24, 2.45) is 0 Å². The molecule has 3 rings (SSSR count). The van der Waals surface area contributed by atoms with Gasteiger partial charge in [0.2, 0.25) is 0 Å². The molecule has 0 fully saturated rings. The summed E-state index contributed by atoms with van der Waals surface area (Å²) in [5.74, 6) is 0. The van der Waals surface area contributed by atoms with Gasteiger partial charge in [-0.25, -0.2) is 4.98 Å². The van der Waals surface area contributed by atoms with E-state index < -0.39 is 0 Å². The fraction of sp³-hybridized carbons (Fsp3) is 0. The number of pyridine rings is 1. The Morgan fingerprint density at radius 1 is 1.27 bits per heavy atom. The van der Waals surface area contributed by atoms with Crippen molar-refractivity contribution in [1.82, 2.24) is 9.38 Å². The zero-order valence-corrected chi connectivity index (χ0v) is 11.4. The molecule has 4 heteroatoms. The lowest BCUT2D eigenvalue weighted by Crippen LogP contribution is -1.88. The smallest absolute Gasteiger partial charge is 0.144 e. The maximum absolute atomic E-state index is 4.36. The van der Waals surface area contributed by atoms with Crippen molar-refractivity contribution in [3.05, 3.63) is 44.8 Å². The van der Waals surface area contributed by atoms with Crippen LogP contribution in [0, 0.1) is 3.57 Å². The van der Waals surface area contributed by atoms with Gasteiger partial charge in [0.15, 0.2) is 0 Å². The fourth-order valence-electron chi connectivity index (χ4n) is 1.73. The second-order valence-corrected chi connectivity index (χ2v) is 5.40. The second kappa shape index (κ2) is 3.45. The highest BCUT2D eigenvalue weighted by molar-refractivity contribution is 14.1. The lowest BCUT2D eigenvalue weighted by atomic mass is 10.2. The highest BCUT2D eigenvalue weighted by atomic mass is 127. The summed E-state index contributed by atoms with van der Waals surface area (Å²) in [5.41, 5.74) is 1.01. The summed E-state index contributed by atoms with van der Waals surface area (Å²) in [6.07, 6.45) is 5.89. The van der Waals surface area contributed by atoms with Crippen LogP contribution in [0.15, 0.2) is 41.3 Å². The number of benzene rings is 1. The molecule has 1 aromatic carbocycles. The lowest BCUT2D eigenvalue weighted by molar-refractivity contribution is 1.19. The molecule has 0 N–H and O–H groups in total. The van der Waals surface area contributed by atoms with Gasteiger partial charge in [-0.2, -0.15) is 0 Å². The predicted molar refractivity (Wildman–Crippen MR) is 73.1 cm³/mol. The zero-order valence-electron chi connectivity index (χ0n) is 7.61. The van der Waals surface area contributed by atoms with E-state index in [4.69, 9.17) is 0 Å². The molecule has 3 aromatic rings. The molecule has 0 amide bonds. The van der Waals surface area contributed by atoms with Crippen molar-refractivity contribution in [3.8, 4) is 0 Å². The van der Waals surface area contributed by atoms with E-state index >= 15 is 0 Å². The van der Waals surface area contributed by atoms with Gasteiger partial charge >= 0.3 is 0 Å². The summed E-state index contributed by atoms with van der Waals surface area (Å²) < 4.78 is 4.39. The Kier molecular flexibility index (Phi) is 2.21. The minimum absolute atomic E-state index is 1.01. The molecule has 0 aliphatic carbocycles. The van der Waals surface area contributed by atoms with Crippen molar-refractivity contribution in [3.63, 3.8) is 0 Å². The molecule has 2 nitrogen and oxygen atoms in total. The van der Waals surface area contributed by atoms with Crippen LogP contribution in [0.3, 0.4) is 0 Å². The quantitative estimate of drug-likeness (QED) is 0.548. The molecule has 0 spiro atoms. The Labute approximate surface area is 109 Å². The van der Waals surface area contributed by atoms with Crippen LogP contribution < -0.4 is 0 Å². The molecule has 0 radical (unpaired) electrons. The maximum Gasteiger partial charge on any atom is 0.144 e. The van der Waals surface area contributed by atoms with Crippen LogP contribution in [0.1, 0.15) is 0 Å². The van der Waals surface area contributed by atoms with Gasteiger partial charge in [-0.15, -0.1) is 0 Å². The third-order valence-corrected chi connectivity index (χ3v) is 3.75. The monoisotopic (exact) mass is 372 g/mol. The molecule has 0 bridgehead atoms. The molecule has 15 heavy (non-hydrogen) atoms. The Bertz CT molecular complexity index is 660. The maximum atomic E-state index is 4.36. The molecule has 0 saturated carbocycles. The Morgan fingerprint density at radius 2 is 2.13 bits per heavy atom. The van der Waals surface area contributed by atoms with E-state index in [9.17, 15) is 0 Å². The average Bonchev–Trinajstić information content (AvgIpc) is 2.66. The summed E-state index contributed by atoms with van der Waals surface area (Å²) in [4.78, 5) is 4.36. The SMILES string of the molecule is Brc1ccc2c(c1)c(I)cn1ccnc21. The molecular formula is C11H6BrIN2. The molecule has 74 valence electrons. The van der Waals surface area contributed by atoms with Crippen molar-refractivity contribution in [2.75, 3.05) is 0 Å². The second-order valence-electron chi connectivity index (χ2n) is 3.33. The number of nitrogens with zero attached hydrogens (tertiary/aromatic N) is 2. The summed E-state index contributed by atoms with van der Waals surface area (Å²) in [6.45, 7) is 0. The molecule has 0 saturated heterocycles. The summed E-state index contributed by atoms with van der Waals surface area (Å²) in [5, 5.41) is 2.43. The minimum atomic E-state index is 1.01. The highest BCUT2D eigenvalue weighted by Crippen LogP contribution is 2.27. The summed E-state index contributed by atoms with van der Waals surface area (Å²) in [6, 6.07) is 6.28. The first-order valence-electron chi connectivity index (χ1n) is 4.46. The number of aromatic nitrogens is 2. The van der Waals surface area contributed by atoms with Gasteiger partial charge in [0.25, 0.3) is 0 Å². The third kappa shape index (κ3) is 1.47. The van der Waals surface area contributed by atoms with E-state index in [1.165, 1.54) is 14.3 Å². The average molecular weight is 373 g/mol. The number of imidazole rings is 1. The van der Waals surface area contributed by atoms with Crippen molar-refractivity contribution < 1.29 is 0 Å². The van der Waals surface area contributed by atoms with E-state index in [0.29, 0.717) is 0 Å². The molecule has 2 aromatic heterocycles. The topological polar surface area (TPSA) is 17.3 Å². The normalized spacial score (nSPS) is 11.3. The number of halogens is 2. The number of fused-ring (bicyclic) bond motifs is 3. The summed E-state index contributed by atoms with van der Waals surface area (Å²) >= 11 is 5.84. The van der Waals surface area contributed by atoms with E-state index in [1.54, 1.807) is 0 Å². The molecule has 2 heterocycles. The number of hydrogen-bond donors (Lipinski definition) is 0. The van der Waals surface area contributed by atoms with Crippen LogP contribution in [-0.2, 0) is 0 Å². The molecule has 0 aliphatic heterocycles.